The summed E-state index contributed by atoms with van der Waals surface area (Å²) in [7, 11) is -5.72. The Bertz CT molecular complexity index is 988. The van der Waals surface area contributed by atoms with E-state index < -0.39 is 15.6 Å². The first-order chi connectivity index (χ1) is 17.0. The summed E-state index contributed by atoms with van der Waals surface area (Å²) < 4.78 is 72.3. The first kappa shape index (κ1) is 31.8. The van der Waals surface area contributed by atoms with Crippen LogP contribution in [0.25, 0.3) is 0 Å². The minimum Gasteiger partial charge on any atom is -0.487 e. The van der Waals surface area contributed by atoms with Crippen molar-refractivity contribution in [3.8, 4) is 11.5 Å². The standard InChI is InChI=1S/C29H47F3O4S/c1-20(2)11-8-12-21(3)13-9-14-22(4)15-10-17-28(7)18-16-25-19-26(23(5)24(6)27(25)35-28)36-37(33,34)29(30,31)32/h19-22H,8-18H2,1-7H3/t21-,22-,28-/m1/s1. The van der Waals surface area contributed by atoms with Gasteiger partial charge in [-0.25, -0.2) is 0 Å². The van der Waals surface area contributed by atoms with E-state index in [2.05, 4.69) is 38.8 Å². The molecule has 8 heteroatoms. The Labute approximate surface area is 222 Å². The van der Waals surface area contributed by atoms with Crippen molar-refractivity contribution in [2.45, 2.75) is 130 Å². The van der Waals surface area contributed by atoms with Gasteiger partial charge in [0.2, 0.25) is 0 Å². The van der Waals surface area contributed by atoms with E-state index in [4.69, 9.17) is 4.74 Å². The SMILES string of the molecule is Cc1c(OS(=O)(=O)C(F)(F)F)cc2c(c1C)O[C@](C)(CCC[C@H](C)CCC[C@H](C)CCCC(C)C)CC2. The lowest BCUT2D eigenvalue weighted by atomic mass is 9.85. The molecule has 1 aliphatic heterocycles. The Morgan fingerprint density at radius 1 is 0.946 bits per heavy atom. The van der Waals surface area contributed by atoms with Crippen molar-refractivity contribution in [3.63, 3.8) is 0 Å². The smallest absolute Gasteiger partial charge is 0.487 e. The van der Waals surface area contributed by atoms with E-state index >= 15 is 0 Å². The minimum atomic E-state index is -5.72. The van der Waals surface area contributed by atoms with Crippen LogP contribution in [0.1, 0.15) is 116 Å². The minimum absolute atomic E-state index is 0.288. The molecular formula is C29H47F3O4S. The van der Waals surface area contributed by atoms with Gasteiger partial charge in [0.25, 0.3) is 0 Å². The monoisotopic (exact) mass is 548 g/mol. The van der Waals surface area contributed by atoms with E-state index in [0.29, 0.717) is 34.8 Å². The predicted octanol–water partition coefficient (Wildman–Crippen LogP) is 9.05. The molecule has 37 heavy (non-hydrogen) atoms. The number of ether oxygens (including phenoxy) is 1. The van der Waals surface area contributed by atoms with Gasteiger partial charge in [0.05, 0.1) is 0 Å². The Morgan fingerprint density at radius 2 is 1.49 bits per heavy atom. The van der Waals surface area contributed by atoms with Gasteiger partial charge in [-0.1, -0.05) is 72.6 Å². The van der Waals surface area contributed by atoms with E-state index in [1.54, 1.807) is 13.8 Å². The second-order valence-corrected chi connectivity index (χ2v) is 13.5. The summed E-state index contributed by atoms with van der Waals surface area (Å²) in [6.07, 6.45) is 12.2. The van der Waals surface area contributed by atoms with Gasteiger partial charge in [0, 0.05) is 0 Å². The molecule has 1 aliphatic rings. The molecule has 3 atom stereocenters. The topological polar surface area (TPSA) is 52.6 Å². The summed E-state index contributed by atoms with van der Waals surface area (Å²) in [5, 5.41) is 0. The average molecular weight is 549 g/mol. The Morgan fingerprint density at radius 3 is 2.03 bits per heavy atom. The number of hydrogen-bond donors (Lipinski definition) is 0. The van der Waals surface area contributed by atoms with Crippen molar-refractivity contribution in [3.05, 3.63) is 22.8 Å². The molecule has 1 aromatic rings. The van der Waals surface area contributed by atoms with Crippen LogP contribution in [0, 0.1) is 31.6 Å². The molecule has 0 radical (unpaired) electrons. The van der Waals surface area contributed by atoms with Crippen molar-refractivity contribution in [2.24, 2.45) is 17.8 Å². The molecule has 0 spiro atoms. The normalized spacial score (nSPS) is 19.9. The van der Waals surface area contributed by atoms with Gasteiger partial charge in [-0.2, -0.15) is 21.6 Å². The number of alkyl halides is 3. The molecule has 0 N–H and O–H groups in total. The highest BCUT2D eigenvalue weighted by atomic mass is 32.2. The van der Waals surface area contributed by atoms with Gasteiger partial charge in [-0.05, 0) is 87.0 Å². The third-order valence-corrected chi connectivity index (χ3v) is 8.86. The van der Waals surface area contributed by atoms with E-state index in [-0.39, 0.29) is 11.4 Å². The maximum Gasteiger partial charge on any atom is 0.534 e. The molecule has 1 heterocycles. The molecule has 0 amide bonds. The van der Waals surface area contributed by atoms with Crippen LogP contribution < -0.4 is 8.92 Å². The number of hydrogen-bond acceptors (Lipinski definition) is 4. The fourth-order valence-electron chi connectivity index (χ4n) is 5.18. The number of rotatable bonds is 14. The highest BCUT2D eigenvalue weighted by Gasteiger charge is 2.49. The van der Waals surface area contributed by atoms with Crippen LogP contribution in [0.5, 0.6) is 11.5 Å². The average Bonchev–Trinajstić information content (AvgIpc) is 2.77. The lowest BCUT2D eigenvalue weighted by Gasteiger charge is -2.37. The Kier molecular flexibility index (Phi) is 11.2. The van der Waals surface area contributed by atoms with Crippen LogP contribution in [0.4, 0.5) is 13.2 Å². The van der Waals surface area contributed by atoms with E-state index in [1.165, 1.54) is 44.6 Å². The number of halogens is 3. The van der Waals surface area contributed by atoms with Crippen LogP contribution in [0.3, 0.4) is 0 Å². The number of aryl methyl sites for hydroxylation is 1. The fraction of sp³-hybridized carbons (Fsp3) is 0.793. The molecule has 0 aromatic heterocycles. The molecule has 0 bridgehead atoms. The van der Waals surface area contributed by atoms with Crippen molar-refractivity contribution >= 4 is 10.1 Å². The molecule has 214 valence electrons. The zero-order chi connectivity index (χ0) is 28.0. The van der Waals surface area contributed by atoms with Crippen LogP contribution in [0.15, 0.2) is 6.07 Å². The summed E-state index contributed by atoms with van der Waals surface area (Å²) in [5.41, 5.74) is -4.19. The van der Waals surface area contributed by atoms with Crippen LogP contribution in [0.2, 0.25) is 0 Å². The van der Waals surface area contributed by atoms with Crippen molar-refractivity contribution in [2.75, 3.05) is 0 Å². The second-order valence-electron chi connectivity index (χ2n) is 12.0. The third kappa shape index (κ3) is 9.36. The summed E-state index contributed by atoms with van der Waals surface area (Å²) >= 11 is 0. The molecular weight excluding hydrogens is 501 g/mol. The Balaban J connectivity index is 1.87. The largest absolute Gasteiger partial charge is 0.534 e. The highest BCUT2D eigenvalue weighted by molar-refractivity contribution is 7.88. The first-order valence-electron chi connectivity index (χ1n) is 13.9. The lowest BCUT2D eigenvalue weighted by Crippen LogP contribution is -2.37. The maximum absolute atomic E-state index is 12.8. The van der Waals surface area contributed by atoms with Crippen molar-refractivity contribution < 1.29 is 30.5 Å². The van der Waals surface area contributed by atoms with Crippen LogP contribution in [-0.4, -0.2) is 19.5 Å². The summed E-state index contributed by atoms with van der Waals surface area (Å²) in [6, 6.07) is 1.38. The van der Waals surface area contributed by atoms with E-state index in [1.807, 2.05) is 0 Å². The maximum atomic E-state index is 12.8. The summed E-state index contributed by atoms with van der Waals surface area (Å²) in [6.45, 7) is 14.7. The second kappa shape index (κ2) is 13.1. The zero-order valence-electron chi connectivity index (χ0n) is 23.8. The Hall–Kier alpha value is -1.44. The molecule has 0 saturated carbocycles. The molecule has 2 rings (SSSR count). The molecule has 0 aliphatic carbocycles. The van der Waals surface area contributed by atoms with Crippen LogP contribution >= 0.6 is 0 Å². The highest BCUT2D eigenvalue weighted by Crippen LogP contribution is 2.43. The summed E-state index contributed by atoms with van der Waals surface area (Å²) in [4.78, 5) is 0. The fourth-order valence-corrected chi connectivity index (χ4v) is 5.69. The van der Waals surface area contributed by atoms with Gasteiger partial charge >= 0.3 is 15.6 Å². The molecule has 4 nitrogen and oxygen atoms in total. The van der Waals surface area contributed by atoms with Gasteiger partial charge in [0.15, 0.2) is 0 Å². The van der Waals surface area contributed by atoms with E-state index in [9.17, 15) is 21.6 Å². The zero-order valence-corrected chi connectivity index (χ0v) is 24.6. The first-order valence-corrected chi connectivity index (χ1v) is 15.3. The van der Waals surface area contributed by atoms with Crippen LogP contribution in [-0.2, 0) is 16.5 Å². The predicted molar refractivity (Wildman–Crippen MR) is 144 cm³/mol. The van der Waals surface area contributed by atoms with Gasteiger partial charge < -0.3 is 8.92 Å². The lowest BCUT2D eigenvalue weighted by molar-refractivity contribution is -0.0500. The molecule has 0 fully saturated rings. The molecule has 0 unspecified atom stereocenters. The summed E-state index contributed by atoms with van der Waals surface area (Å²) in [5.74, 6) is 2.61. The number of fused-ring (bicyclic) bond motifs is 1. The van der Waals surface area contributed by atoms with Gasteiger partial charge in [-0.15, -0.1) is 0 Å². The van der Waals surface area contributed by atoms with Crippen molar-refractivity contribution in [1.29, 1.82) is 0 Å². The quantitative estimate of drug-likeness (QED) is 0.172. The molecule has 1 aromatic carbocycles. The van der Waals surface area contributed by atoms with Gasteiger partial charge in [-0.3, -0.25) is 0 Å². The molecule has 0 saturated heterocycles. The van der Waals surface area contributed by atoms with Gasteiger partial charge in [0.1, 0.15) is 17.1 Å². The number of benzene rings is 1. The van der Waals surface area contributed by atoms with Crippen molar-refractivity contribution in [1.82, 2.24) is 0 Å². The third-order valence-electron chi connectivity index (χ3n) is 7.90. The van der Waals surface area contributed by atoms with E-state index in [0.717, 1.165) is 37.5 Å².